The molecule has 0 aromatic rings. The van der Waals surface area contributed by atoms with Gasteiger partial charge in [-0.05, 0) is 10.8 Å². The second-order valence-electron chi connectivity index (χ2n) is 5.81. The molecule has 25 heavy (non-hydrogen) atoms. The summed E-state index contributed by atoms with van der Waals surface area (Å²) in [5.41, 5.74) is -7.15. The highest BCUT2D eigenvalue weighted by Crippen LogP contribution is 2.75. The second kappa shape index (κ2) is 4.30. The number of fused-ring (bicyclic) bond motifs is 4. The average Bonchev–Trinajstić information content (AvgIpc) is 3.19. The van der Waals surface area contributed by atoms with E-state index in [9.17, 15) is 36.9 Å². The van der Waals surface area contributed by atoms with Crippen molar-refractivity contribution in [2.24, 2.45) is 10.8 Å². The van der Waals surface area contributed by atoms with Crippen molar-refractivity contribution in [1.82, 2.24) is 0 Å². The summed E-state index contributed by atoms with van der Waals surface area (Å²) < 4.78 is 85.6. The minimum atomic E-state index is -5.66. The standard InChI is InChI=1S/C15H4F6N2S2/c16-13(17)7-8(14(18,19)15(13,20)21)10-12(6-23,2-4-25-10)11(5-22)1-3-24-9(7)11/h1-4H/t11-,12-/m0/s1. The topological polar surface area (TPSA) is 47.6 Å². The highest BCUT2D eigenvalue weighted by Gasteiger charge is 2.85. The lowest BCUT2D eigenvalue weighted by atomic mass is 9.60. The van der Waals surface area contributed by atoms with E-state index < -0.39 is 49.6 Å². The van der Waals surface area contributed by atoms with E-state index in [1.807, 2.05) is 0 Å². The Balaban J connectivity index is 2.23. The zero-order chi connectivity index (χ0) is 18.5. The Kier molecular flexibility index (Phi) is 2.87. The van der Waals surface area contributed by atoms with Gasteiger partial charge in [0.25, 0.3) is 0 Å². The molecule has 4 aliphatic rings. The Morgan fingerprint density at radius 1 is 0.720 bits per heavy atom. The van der Waals surface area contributed by atoms with E-state index in [2.05, 4.69) is 0 Å². The highest BCUT2D eigenvalue weighted by atomic mass is 32.2. The van der Waals surface area contributed by atoms with Crippen LogP contribution in [-0.4, -0.2) is 17.8 Å². The van der Waals surface area contributed by atoms with Gasteiger partial charge in [0.1, 0.15) is 10.8 Å². The number of nitriles is 2. The molecule has 10 heteroatoms. The molecular formula is C15H4F6N2S2. The summed E-state index contributed by atoms with van der Waals surface area (Å²) in [6, 6.07) is 3.48. The number of nitrogens with zero attached hydrogens (tertiary/aromatic N) is 2. The number of rotatable bonds is 0. The molecule has 2 aliphatic carbocycles. The van der Waals surface area contributed by atoms with Gasteiger partial charge in [0.05, 0.1) is 12.1 Å². The molecule has 0 N–H and O–H groups in total. The number of alkyl halides is 6. The van der Waals surface area contributed by atoms with Gasteiger partial charge in [-0.1, -0.05) is 12.2 Å². The summed E-state index contributed by atoms with van der Waals surface area (Å²) in [6.07, 6.45) is 2.28. The van der Waals surface area contributed by atoms with Crippen LogP contribution in [0.4, 0.5) is 26.3 Å². The van der Waals surface area contributed by atoms with Crippen LogP contribution in [0, 0.1) is 33.5 Å². The predicted octanol–water partition coefficient (Wildman–Crippen LogP) is 4.97. The number of thioether (sulfide) groups is 2. The Morgan fingerprint density at radius 2 is 1.08 bits per heavy atom. The molecule has 0 amide bonds. The summed E-state index contributed by atoms with van der Waals surface area (Å²) >= 11 is 0.989. The summed E-state index contributed by atoms with van der Waals surface area (Å²) in [5, 5.41) is 21.7. The maximum absolute atomic E-state index is 14.4. The Labute approximate surface area is 145 Å². The zero-order valence-electron chi connectivity index (χ0n) is 11.8. The molecule has 0 unspecified atom stereocenters. The van der Waals surface area contributed by atoms with Crippen LogP contribution in [0.1, 0.15) is 0 Å². The Morgan fingerprint density at radius 3 is 1.40 bits per heavy atom. The highest BCUT2D eigenvalue weighted by molar-refractivity contribution is 8.06. The quantitative estimate of drug-likeness (QED) is 0.548. The lowest BCUT2D eigenvalue weighted by molar-refractivity contribution is -0.258. The van der Waals surface area contributed by atoms with E-state index in [1.165, 1.54) is 10.8 Å². The largest absolute Gasteiger partial charge is 0.380 e. The van der Waals surface area contributed by atoms with Crippen molar-refractivity contribution in [3.05, 3.63) is 43.9 Å². The molecule has 0 aromatic heterocycles. The molecule has 1 saturated carbocycles. The molecule has 0 aromatic carbocycles. The van der Waals surface area contributed by atoms with Crippen LogP contribution in [0.5, 0.6) is 0 Å². The number of halogens is 6. The summed E-state index contributed by atoms with van der Waals surface area (Å²) in [7, 11) is 0. The van der Waals surface area contributed by atoms with E-state index in [4.69, 9.17) is 0 Å². The van der Waals surface area contributed by atoms with Crippen LogP contribution in [0.15, 0.2) is 43.9 Å². The lowest BCUT2D eigenvalue weighted by Gasteiger charge is -2.41. The lowest BCUT2D eigenvalue weighted by Crippen LogP contribution is -2.47. The van der Waals surface area contributed by atoms with Crippen LogP contribution >= 0.6 is 23.5 Å². The summed E-state index contributed by atoms with van der Waals surface area (Å²) in [4.78, 5) is -1.27. The second-order valence-corrected chi connectivity index (χ2v) is 7.64. The van der Waals surface area contributed by atoms with Crippen LogP contribution in [0.3, 0.4) is 0 Å². The van der Waals surface area contributed by atoms with Gasteiger partial charge in [0.2, 0.25) is 0 Å². The van der Waals surface area contributed by atoms with Gasteiger partial charge in [-0.25, -0.2) is 0 Å². The molecule has 1 fully saturated rings. The SMILES string of the molecule is N#C[C@@]12C=CSC1=C1C(=C3SC=C[C@]32C#N)C(F)(F)C(F)(F)C1(F)F. The third-order valence-electron chi connectivity index (χ3n) is 4.82. The third-order valence-corrected chi connectivity index (χ3v) is 6.89. The maximum Gasteiger partial charge on any atom is 0.380 e. The molecule has 0 bridgehead atoms. The van der Waals surface area contributed by atoms with E-state index in [-0.39, 0.29) is 0 Å². The van der Waals surface area contributed by atoms with Gasteiger partial charge in [-0.3, -0.25) is 0 Å². The fraction of sp³-hybridized carbons (Fsp3) is 0.333. The molecule has 2 atom stereocenters. The van der Waals surface area contributed by atoms with Crippen molar-refractivity contribution in [3.63, 3.8) is 0 Å². The smallest absolute Gasteiger partial charge is 0.197 e. The minimum absolute atomic E-state index is 0.494. The molecule has 4 rings (SSSR count). The van der Waals surface area contributed by atoms with Crippen molar-refractivity contribution in [2.45, 2.75) is 17.8 Å². The Hall–Kier alpha value is -1.78. The van der Waals surface area contributed by atoms with Gasteiger partial charge in [-0.15, -0.1) is 23.5 Å². The first-order valence-electron chi connectivity index (χ1n) is 6.70. The Bertz CT molecular complexity index is 859. The first-order valence-corrected chi connectivity index (χ1v) is 8.46. The van der Waals surface area contributed by atoms with Gasteiger partial charge < -0.3 is 0 Å². The minimum Gasteiger partial charge on any atom is -0.197 e. The van der Waals surface area contributed by atoms with E-state index in [0.29, 0.717) is 23.5 Å². The number of allylic oxidation sites excluding steroid dienone is 6. The normalized spacial score (nSPS) is 38.2. The van der Waals surface area contributed by atoms with Crippen molar-refractivity contribution in [1.29, 1.82) is 10.5 Å². The van der Waals surface area contributed by atoms with Gasteiger partial charge in [-0.2, -0.15) is 36.9 Å². The van der Waals surface area contributed by atoms with E-state index >= 15 is 0 Å². The van der Waals surface area contributed by atoms with E-state index in [0.717, 1.165) is 12.2 Å². The van der Waals surface area contributed by atoms with Gasteiger partial charge in [0.15, 0.2) is 0 Å². The van der Waals surface area contributed by atoms with Crippen LogP contribution in [-0.2, 0) is 0 Å². The third kappa shape index (κ3) is 1.38. The van der Waals surface area contributed by atoms with Crippen molar-refractivity contribution < 1.29 is 26.3 Å². The average molecular weight is 390 g/mol. The number of hydrogen-bond acceptors (Lipinski definition) is 4. The zero-order valence-corrected chi connectivity index (χ0v) is 13.4. The maximum atomic E-state index is 14.4. The molecule has 0 radical (unpaired) electrons. The molecule has 2 heterocycles. The predicted molar refractivity (Wildman–Crippen MR) is 78.4 cm³/mol. The molecule has 2 nitrogen and oxygen atoms in total. The fourth-order valence-corrected chi connectivity index (χ4v) is 6.00. The molecule has 0 saturated heterocycles. The van der Waals surface area contributed by atoms with Crippen LogP contribution in [0.25, 0.3) is 0 Å². The molecule has 2 aliphatic heterocycles. The number of hydrogen-bond donors (Lipinski definition) is 0. The summed E-state index contributed by atoms with van der Waals surface area (Å²) in [5.74, 6) is -16.0. The van der Waals surface area contributed by atoms with Crippen LogP contribution < -0.4 is 0 Å². The first kappa shape index (κ1) is 16.7. The summed E-state index contributed by atoms with van der Waals surface area (Å²) in [6.45, 7) is 0. The van der Waals surface area contributed by atoms with Crippen molar-refractivity contribution in [2.75, 3.05) is 0 Å². The van der Waals surface area contributed by atoms with Gasteiger partial charge in [0, 0.05) is 21.0 Å². The monoisotopic (exact) mass is 390 g/mol. The van der Waals surface area contributed by atoms with Crippen molar-refractivity contribution >= 4 is 23.5 Å². The van der Waals surface area contributed by atoms with Crippen molar-refractivity contribution in [3.8, 4) is 12.1 Å². The van der Waals surface area contributed by atoms with E-state index in [1.54, 1.807) is 12.1 Å². The van der Waals surface area contributed by atoms with Crippen LogP contribution in [0.2, 0.25) is 0 Å². The van der Waals surface area contributed by atoms with Gasteiger partial charge >= 0.3 is 17.8 Å². The fourth-order valence-electron chi connectivity index (χ4n) is 3.57. The molecule has 0 spiro atoms. The first-order chi connectivity index (χ1) is 11.5. The molecular weight excluding hydrogens is 386 g/mol. The molecule has 128 valence electrons.